The summed E-state index contributed by atoms with van der Waals surface area (Å²) in [4.78, 5) is 9.23. The van der Waals surface area contributed by atoms with E-state index in [1.165, 1.54) is 85.8 Å². The van der Waals surface area contributed by atoms with E-state index in [2.05, 4.69) is 347 Å². The van der Waals surface area contributed by atoms with Crippen LogP contribution in [-0.4, -0.2) is 0 Å². The second-order valence-electron chi connectivity index (χ2n) is 41.6. The first-order valence-corrected chi connectivity index (χ1v) is 52.4. The van der Waals surface area contributed by atoms with Gasteiger partial charge >= 0.3 is 0 Å². The third kappa shape index (κ3) is 13.4. The molecule has 0 amide bonds. The normalized spacial score (nSPS) is 16.8. The summed E-state index contributed by atoms with van der Waals surface area (Å²) in [5.74, 6) is 1.88. The number of anilines is 12. The minimum atomic E-state index is -0.331. The number of hydrogen-bond donors (Lipinski definition) is 0. The van der Waals surface area contributed by atoms with Crippen LogP contribution < -0.4 is 19.6 Å². The molecule has 26 aromatic rings. The van der Waals surface area contributed by atoms with Crippen molar-refractivity contribution in [3.8, 4) is 0 Å². The Morgan fingerprint density at radius 2 is 0.425 bits per heavy atom. The van der Waals surface area contributed by atoms with E-state index < -0.39 is 0 Å². The Balaban J connectivity index is 0.486. The smallest absolute Gasteiger partial charge is 0.159 e. The molecular weight excluding hydrogens is 1800 g/mol. The molecule has 4 atom stereocenters. The molecule has 0 aliphatic heterocycles. The van der Waals surface area contributed by atoms with Crippen molar-refractivity contribution in [2.75, 3.05) is 19.6 Å². The molecule has 146 heavy (non-hydrogen) atoms. The lowest BCUT2D eigenvalue weighted by Gasteiger charge is -2.33. The van der Waals surface area contributed by atoms with Crippen LogP contribution in [-0.2, 0) is 0 Å². The van der Waals surface area contributed by atoms with E-state index in [9.17, 15) is 0 Å². The van der Waals surface area contributed by atoms with Crippen LogP contribution in [0.15, 0.2) is 403 Å². The maximum absolute atomic E-state index is 15.6. The molecule has 6 heterocycles. The van der Waals surface area contributed by atoms with Crippen LogP contribution >= 0.6 is 0 Å². The Hall–Kier alpha value is -16.7. The number of furan rings is 6. The quantitative estimate of drug-likeness (QED) is 0.0878. The fraction of sp³-hybridized carbons (Fsp3) is 0.164. The number of halogens is 2. The second-order valence-corrected chi connectivity index (χ2v) is 41.6. The fourth-order valence-corrected chi connectivity index (χ4v) is 27.2. The molecule has 4 fully saturated rings. The monoisotopic (exact) mass is 1900 g/mol. The molecule has 0 radical (unpaired) electrons. The minimum Gasteiger partial charge on any atom is -0.456 e. The first kappa shape index (κ1) is 84.9. The minimum absolute atomic E-state index is 0.273. The van der Waals surface area contributed by atoms with Gasteiger partial charge in [-0.2, -0.15) is 0 Å². The second kappa shape index (κ2) is 34.0. The highest BCUT2D eigenvalue weighted by Crippen LogP contribution is 2.59. The Kier molecular flexibility index (Phi) is 19.8. The summed E-state index contributed by atoms with van der Waals surface area (Å²) < 4.78 is 75.6. The lowest BCUT2D eigenvalue weighted by Crippen LogP contribution is -2.20. The molecule has 30 rings (SSSR count). The van der Waals surface area contributed by atoms with E-state index in [4.69, 9.17) is 26.5 Å². The van der Waals surface area contributed by atoms with Gasteiger partial charge in [0.05, 0.1) is 45.5 Å². The predicted molar refractivity (Wildman–Crippen MR) is 597 cm³/mol. The van der Waals surface area contributed by atoms with E-state index in [1.54, 1.807) is 12.1 Å². The summed E-state index contributed by atoms with van der Waals surface area (Å²) >= 11 is 0. The fourth-order valence-electron chi connectivity index (χ4n) is 27.2. The molecule has 706 valence electrons. The highest BCUT2D eigenvalue weighted by atomic mass is 19.1. The maximum atomic E-state index is 15.6. The zero-order valence-corrected chi connectivity index (χ0v) is 80.6. The number of fused-ring (bicyclic) bond motifs is 26. The number of benzene rings is 20. The van der Waals surface area contributed by atoms with Gasteiger partial charge < -0.3 is 46.1 Å². The molecule has 4 saturated carbocycles. The van der Waals surface area contributed by atoms with Crippen LogP contribution in [0.5, 0.6) is 0 Å². The van der Waals surface area contributed by atoms with Gasteiger partial charge in [-0.3, -0.25) is 0 Å². The van der Waals surface area contributed by atoms with E-state index >= 15 is 8.78 Å². The SMILES string of the molecule is Fc1ccc(N(c2cc3oc4cc(N(c5ccc(F)cc5)c5cccc6c5oc5c(C7CCCC(C8CCC(c9cccc%10c9oc9c(N(c%11ccccc%11)c%11cc%12oc%13cc(N(c%14ccccc%14)c%14cccc%15c%14oc%14c(C%16CCCC%16)cccc%14%15)c%14ccccc%14c%13c%12c%12ccccc%11%12)cccc9%10)C8)C7)cccc56)c5ccccc5c4c3c3ccccc23)c2cccc3c2oc2c(C4CCCCC4)cccc23)cc1. The molecule has 4 unspecified atom stereocenters. The number of para-hydroxylation sites is 10. The van der Waals surface area contributed by atoms with Gasteiger partial charge in [-0.25, -0.2) is 8.78 Å². The van der Waals surface area contributed by atoms with Crippen LogP contribution in [0.4, 0.5) is 77.0 Å². The highest BCUT2D eigenvalue weighted by Gasteiger charge is 2.40. The van der Waals surface area contributed by atoms with E-state index in [1.807, 2.05) is 24.3 Å². The Morgan fingerprint density at radius 1 is 0.178 bits per heavy atom. The summed E-state index contributed by atoms with van der Waals surface area (Å²) in [5, 5.41) is 21.1. The molecule has 4 aliphatic rings. The number of rotatable bonds is 17. The average Bonchev–Trinajstić information content (AvgIpc) is 1.54. The van der Waals surface area contributed by atoms with Gasteiger partial charge in [0.25, 0.3) is 0 Å². The molecule has 4 aliphatic carbocycles. The highest BCUT2D eigenvalue weighted by molar-refractivity contribution is 6.33. The third-order valence-electron chi connectivity index (χ3n) is 33.7. The zero-order chi connectivity index (χ0) is 96.0. The molecule has 0 spiro atoms. The van der Waals surface area contributed by atoms with Crippen molar-refractivity contribution in [1.82, 2.24) is 0 Å². The van der Waals surface area contributed by atoms with Crippen molar-refractivity contribution in [3.05, 3.63) is 410 Å². The van der Waals surface area contributed by atoms with Crippen molar-refractivity contribution in [2.24, 2.45) is 11.8 Å². The lowest BCUT2D eigenvalue weighted by molar-refractivity contribution is 0.229. The van der Waals surface area contributed by atoms with Crippen molar-refractivity contribution < 1.29 is 35.3 Å². The van der Waals surface area contributed by atoms with Crippen LogP contribution in [0.1, 0.15) is 149 Å². The van der Waals surface area contributed by atoms with Crippen LogP contribution in [0, 0.1) is 23.5 Å². The topological polar surface area (TPSA) is 91.8 Å². The van der Waals surface area contributed by atoms with Gasteiger partial charge in [-0.15, -0.1) is 0 Å². The van der Waals surface area contributed by atoms with Crippen LogP contribution in [0.25, 0.3) is 175 Å². The summed E-state index contributed by atoms with van der Waals surface area (Å²) in [6.07, 6.45) is 18.6. The Morgan fingerprint density at radius 3 is 0.747 bits per heavy atom. The summed E-state index contributed by atoms with van der Waals surface area (Å²) in [5.41, 5.74) is 25.9. The summed E-state index contributed by atoms with van der Waals surface area (Å²) in [6.45, 7) is 0. The van der Waals surface area contributed by atoms with Gasteiger partial charge in [0.1, 0.15) is 56.3 Å². The first-order valence-electron chi connectivity index (χ1n) is 52.4. The van der Waals surface area contributed by atoms with Gasteiger partial charge in [-0.1, -0.05) is 300 Å². The van der Waals surface area contributed by atoms with Crippen molar-refractivity contribution in [3.63, 3.8) is 0 Å². The number of nitrogens with zero attached hydrogens (tertiary/aromatic N) is 4. The Bertz CT molecular complexity index is 9780. The molecule has 12 heteroatoms. The third-order valence-corrected chi connectivity index (χ3v) is 33.7. The lowest BCUT2D eigenvalue weighted by atomic mass is 9.72. The molecule has 20 aromatic carbocycles. The largest absolute Gasteiger partial charge is 0.456 e. The van der Waals surface area contributed by atoms with E-state index in [-0.39, 0.29) is 17.6 Å². The number of hydrogen-bond acceptors (Lipinski definition) is 10. The van der Waals surface area contributed by atoms with Gasteiger partial charge in [0, 0.05) is 133 Å². The standard InChI is InChI=1S/C134H100F2N4O6/c135-85-65-69-89(70-66-85)139(113-61-27-56-108-104-51-21-47-91(127(104)144-133(108)113)79-29-4-1-5-30-79)117-77-121-125(101-45-18-14-41-97(101)117)126-102-46-19-15-42-98(102)118(78-122(126)142-121)140(90-71-67-86(136)68-72-90)114-62-28-58-109-105-53-23-49-93(129(105)145-134(109)114)83-34-20-33-81(73-83)82-63-64-84(74-82)94-50-24-54-106-110-57-26-60-112(132(110)146-130(94)106)138(88-37-8-3-9-38-88)116-76-120-124(100-44-17-13-40-96(100)116)123-99-43-16-12-39-95(99)115(75-119(123)141-120)137(87-35-6-2-7-36-87)111-59-25-55-107-103-52-22-48-92(80-31-10-11-32-80)128(103)143-131(107)111/h2-3,6-9,12-19,21-28,35-62,65-72,75-84H,1,4-5,10-11,20,29-34,63-64,73-74H2. The van der Waals surface area contributed by atoms with Gasteiger partial charge in [-0.05, 0) is 234 Å². The predicted octanol–water partition coefficient (Wildman–Crippen LogP) is 40.4. The van der Waals surface area contributed by atoms with Gasteiger partial charge in [0.2, 0.25) is 0 Å². The van der Waals surface area contributed by atoms with Crippen molar-refractivity contribution in [2.45, 2.75) is 126 Å². The van der Waals surface area contributed by atoms with Crippen LogP contribution in [0.3, 0.4) is 0 Å². The van der Waals surface area contributed by atoms with Crippen molar-refractivity contribution >= 4 is 243 Å². The molecule has 0 bridgehead atoms. The molecule has 0 saturated heterocycles. The molecule has 0 N–H and O–H groups in total. The van der Waals surface area contributed by atoms with Crippen LogP contribution in [0.2, 0.25) is 0 Å². The van der Waals surface area contributed by atoms with E-state index in [0.717, 1.165) is 283 Å². The van der Waals surface area contributed by atoms with Gasteiger partial charge in [0.15, 0.2) is 22.3 Å². The maximum Gasteiger partial charge on any atom is 0.159 e. The molecule has 6 aromatic heterocycles. The molecule has 10 nitrogen and oxygen atoms in total. The zero-order valence-electron chi connectivity index (χ0n) is 80.6. The molecular formula is C134H100F2N4O6. The summed E-state index contributed by atoms with van der Waals surface area (Å²) in [7, 11) is 0. The average molecular weight is 1900 g/mol. The summed E-state index contributed by atoms with van der Waals surface area (Å²) in [6, 6.07) is 132. The van der Waals surface area contributed by atoms with Crippen molar-refractivity contribution in [1.29, 1.82) is 0 Å². The van der Waals surface area contributed by atoms with E-state index in [0.29, 0.717) is 40.8 Å². The Labute approximate surface area is 840 Å². The first-order chi connectivity index (χ1) is 72.2.